The van der Waals surface area contributed by atoms with Gasteiger partial charge in [-0.05, 0) is 73.5 Å². The molecule has 1 fully saturated rings. The van der Waals surface area contributed by atoms with E-state index in [-0.39, 0.29) is 18.4 Å². The second-order valence-corrected chi connectivity index (χ2v) is 7.74. The van der Waals surface area contributed by atoms with E-state index in [1.54, 1.807) is 26.0 Å². The number of hydrogen-bond acceptors (Lipinski definition) is 7. The number of carbonyl (C=O) groups excluding carboxylic acids is 1. The highest BCUT2D eigenvalue weighted by Crippen LogP contribution is 2.37. The fourth-order valence-corrected chi connectivity index (χ4v) is 3.86. The SMILES string of the molecule is Cc1cc2c(cc1/C=C1\SC(=Nc3cc(C)c(C)c([N+](=O)[O-])c3)NC1=O)OCO2. The van der Waals surface area contributed by atoms with E-state index in [4.69, 9.17) is 9.47 Å². The monoisotopic (exact) mass is 411 g/mol. The maximum Gasteiger partial charge on any atom is 0.274 e. The van der Waals surface area contributed by atoms with Gasteiger partial charge in [-0.25, -0.2) is 4.99 Å². The van der Waals surface area contributed by atoms with Crippen LogP contribution in [0.1, 0.15) is 22.3 Å². The summed E-state index contributed by atoms with van der Waals surface area (Å²) in [6.45, 7) is 5.60. The summed E-state index contributed by atoms with van der Waals surface area (Å²) >= 11 is 1.18. The highest BCUT2D eigenvalue weighted by molar-refractivity contribution is 8.18. The number of amides is 1. The molecule has 0 radical (unpaired) electrons. The molecule has 1 amide bonds. The van der Waals surface area contributed by atoms with Crippen LogP contribution in [0.15, 0.2) is 34.2 Å². The summed E-state index contributed by atoms with van der Waals surface area (Å²) in [7, 11) is 0. The Morgan fingerprint density at radius 3 is 2.59 bits per heavy atom. The van der Waals surface area contributed by atoms with Crippen LogP contribution in [-0.4, -0.2) is 22.8 Å². The van der Waals surface area contributed by atoms with Gasteiger partial charge in [-0.2, -0.15) is 0 Å². The highest BCUT2D eigenvalue weighted by atomic mass is 32.2. The molecule has 0 spiro atoms. The first-order valence-corrected chi connectivity index (χ1v) is 9.59. The molecule has 9 heteroatoms. The predicted molar refractivity (Wildman–Crippen MR) is 111 cm³/mol. The van der Waals surface area contributed by atoms with Crippen molar-refractivity contribution in [1.29, 1.82) is 0 Å². The minimum atomic E-state index is -0.430. The van der Waals surface area contributed by atoms with Crippen molar-refractivity contribution in [2.45, 2.75) is 20.8 Å². The van der Waals surface area contributed by atoms with Gasteiger partial charge in [0.2, 0.25) is 6.79 Å². The molecule has 0 aromatic heterocycles. The molecule has 8 nitrogen and oxygen atoms in total. The molecule has 0 saturated carbocycles. The number of rotatable bonds is 3. The quantitative estimate of drug-likeness (QED) is 0.463. The zero-order valence-electron chi connectivity index (χ0n) is 15.9. The average Bonchev–Trinajstić information content (AvgIpc) is 3.24. The lowest BCUT2D eigenvalue weighted by Crippen LogP contribution is -2.19. The van der Waals surface area contributed by atoms with Crippen LogP contribution in [-0.2, 0) is 4.79 Å². The molecule has 4 rings (SSSR count). The molecule has 29 heavy (non-hydrogen) atoms. The van der Waals surface area contributed by atoms with Crippen molar-refractivity contribution in [3.8, 4) is 11.5 Å². The number of thioether (sulfide) groups is 1. The molecule has 2 aliphatic rings. The van der Waals surface area contributed by atoms with Gasteiger partial charge >= 0.3 is 0 Å². The Labute approximate surface area is 170 Å². The maximum atomic E-state index is 12.4. The van der Waals surface area contributed by atoms with Gasteiger partial charge in [0.05, 0.1) is 15.5 Å². The minimum Gasteiger partial charge on any atom is -0.454 e. The van der Waals surface area contributed by atoms with Gasteiger partial charge < -0.3 is 14.8 Å². The highest BCUT2D eigenvalue weighted by Gasteiger charge is 2.25. The Morgan fingerprint density at radius 2 is 1.86 bits per heavy atom. The smallest absolute Gasteiger partial charge is 0.274 e. The summed E-state index contributed by atoms with van der Waals surface area (Å²) in [4.78, 5) is 28.0. The zero-order chi connectivity index (χ0) is 20.7. The lowest BCUT2D eigenvalue weighted by molar-refractivity contribution is -0.385. The van der Waals surface area contributed by atoms with E-state index >= 15 is 0 Å². The van der Waals surface area contributed by atoms with E-state index in [2.05, 4.69) is 10.3 Å². The molecule has 0 atom stereocenters. The number of nitrogens with one attached hydrogen (secondary N) is 1. The molecule has 1 saturated heterocycles. The van der Waals surface area contributed by atoms with Crippen LogP contribution in [0.4, 0.5) is 11.4 Å². The number of ether oxygens (including phenoxy) is 2. The van der Waals surface area contributed by atoms with Crippen molar-refractivity contribution >= 4 is 40.3 Å². The van der Waals surface area contributed by atoms with Gasteiger partial charge in [0.1, 0.15) is 0 Å². The maximum absolute atomic E-state index is 12.4. The summed E-state index contributed by atoms with van der Waals surface area (Å²) in [5, 5.41) is 14.3. The van der Waals surface area contributed by atoms with Crippen LogP contribution in [0.2, 0.25) is 0 Å². The first kappa shape index (κ1) is 19.0. The first-order valence-electron chi connectivity index (χ1n) is 8.77. The van der Waals surface area contributed by atoms with Crippen LogP contribution in [0.5, 0.6) is 11.5 Å². The van der Waals surface area contributed by atoms with Crippen LogP contribution < -0.4 is 14.8 Å². The Kier molecular flexibility index (Phi) is 4.75. The molecular weight excluding hydrogens is 394 g/mol. The van der Waals surface area contributed by atoms with Crippen molar-refractivity contribution in [2.75, 3.05) is 6.79 Å². The Hall–Kier alpha value is -3.33. The van der Waals surface area contributed by atoms with Crippen LogP contribution >= 0.6 is 11.8 Å². The van der Waals surface area contributed by atoms with Crippen molar-refractivity contribution in [1.82, 2.24) is 5.32 Å². The van der Waals surface area contributed by atoms with E-state index in [0.29, 0.717) is 32.8 Å². The number of nitro groups is 1. The third kappa shape index (κ3) is 3.68. The lowest BCUT2D eigenvalue weighted by Gasteiger charge is -2.04. The van der Waals surface area contributed by atoms with Crippen molar-refractivity contribution in [3.05, 3.63) is 61.5 Å². The van der Waals surface area contributed by atoms with Crippen LogP contribution in [0, 0.1) is 30.9 Å². The number of benzene rings is 2. The van der Waals surface area contributed by atoms with E-state index in [1.807, 2.05) is 19.1 Å². The van der Waals surface area contributed by atoms with E-state index in [9.17, 15) is 14.9 Å². The molecule has 0 bridgehead atoms. The van der Waals surface area contributed by atoms with E-state index < -0.39 is 4.92 Å². The van der Waals surface area contributed by atoms with E-state index in [1.165, 1.54) is 17.8 Å². The third-order valence-electron chi connectivity index (χ3n) is 4.75. The predicted octanol–water partition coefficient (Wildman–Crippen LogP) is 4.14. The molecule has 1 N–H and O–H groups in total. The van der Waals surface area contributed by atoms with Crippen molar-refractivity contribution < 1.29 is 19.2 Å². The first-order chi connectivity index (χ1) is 13.8. The van der Waals surface area contributed by atoms with Gasteiger partial charge in [-0.15, -0.1) is 0 Å². The second kappa shape index (κ2) is 7.25. The molecule has 2 aliphatic heterocycles. The summed E-state index contributed by atoms with van der Waals surface area (Å²) in [5.74, 6) is 1.05. The lowest BCUT2D eigenvalue weighted by atomic mass is 10.1. The molecule has 2 heterocycles. The number of aryl methyl sites for hydroxylation is 2. The molecule has 0 aliphatic carbocycles. The van der Waals surface area contributed by atoms with Gasteiger partial charge in [0.25, 0.3) is 11.6 Å². The summed E-state index contributed by atoms with van der Waals surface area (Å²) in [6, 6.07) is 6.87. The fourth-order valence-electron chi connectivity index (χ4n) is 3.03. The van der Waals surface area contributed by atoms with Gasteiger partial charge in [-0.3, -0.25) is 14.9 Å². The number of fused-ring (bicyclic) bond motifs is 1. The number of nitrogens with zero attached hydrogens (tertiary/aromatic N) is 2. The van der Waals surface area contributed by atoms with Crippen LogP contribution in [0.3, 0.4) is 0 Å². The standard InChI is InChI=1S/C20H17N3O5S/c1-10-4-14(8-15(12(10)3)23(25)26)21-20-22-19(24)18(29-20)7-13-6-17-16(5-11(13)2)27-9-28-17/h4-8H,9H2,1-3H3,(H,21,22,24)/b18-7-. The molecule has 148 valence electrons. The number of hydrogen-bond donors (Lipinski definition) is 1. The van der Waals surface area contributed by atoms with Gasteiger partial charge in [0, 0.05) is 11.6 Å². The number of nitro benzene ring substituents is 1. The van der Waals surface area contributed by atoms with Crippen molar-refractivity contribution in [2.24, 2.45) is 4.99 Å². The number of aliphatic imine (C=N–C) groups is 1. The topological polar surface area (TPSA) is 103 Å². The normalized spacial score (nSPS) is 17.8. The van der Waals surface area contributed by atoms with Gasteiger partial charge in [0.15, 0.2) is 16.7 Å². The average molecular weight is 411 g/mol. The van der Waals surface area contributed by atoms with Gasteiger partial charge in [-0.1, -0.05) is 0 Å². The zero-order valence-corrected chi connectivity index (χ0v) is 16.8. The van der Waals surface area contributed by atoms with Crippen molar-refractivity contribution in [3.63, 3.8) is 0 Å². The molecule has 0 unspecified atom stereocenters. The van der Waals surface area contributed by atoms with Crippen LogP contribution in [0.25, 0.3) is 6.08 Å². The summed E-state index contributed by atoms with van der Waals surface area (Å²) < 4.78 is 10.8. The molecule has 2 aromatic carbocycles. The van der Waals surface area contributed by atoms with E-state index in [0.717, 1.165) is 16.7 Å². The fraction of sp³-hybridized carbons (Fsp3) is 0.200. The Bertz CT molecular complexity index is 1120. The Balaban J connectivity index is 1.63. The summed E-state index contributed by atoms with van der Waals surface area (Å²) in [6.07, 6.45) is 1.77. The third-order valence-corrected chi connectivity index (χ3v) is 5.66. The second-order valence-electron chi connectivity index (χ2n) is 6.71. The Morgan fingerprint density at radius 1 is 1.14 bits per heavy atom. The minimum absolute atomic E-state index is 0.00502. The number of amidine groups is 1. The largest absolute Gasteiger partial charge is 0.454 e. The number of carbonyl (C=O) groups is 1. The summed E-state index contributed by atoms with van der Waals surface area (Å²) in [5.41, 5.74) is 3.58. The molecule has 2 aromatic rings. The molecular formula is C20H17N3O5S.